The molecule has 1 saturated carbocycles. The highest BCUT2D eigenvalue weighted by Gasteiger charge is 2.51. The van der Waals surface area contributed by atoms with Gasteiger partial charge in [0.1, 0.15) is 5.75 Å². The molecule has 0 heterocycles. The molecular weight excluding hydrogens is 166 g/mol. The summed E-state index contributed by atoms with van der Waals surface area (Å²) in [5.41, 5.74) is 4.51. The van der Waals surface area contributed by atoms with E-state index < -0.39 is 5.60 Å². The first-order valence-corrected chi connectivity index (χ1v) is 4.27. The van der Waals surface area contributed by atoms with Crippen LogP contribution >= 0.6 is 0 Å². The van der Waals surface area contributed by atoms with Crippen LogP contribution < -0.4 is 10.5 Å². The van der Waals surface area contributed by atoms with Gasteiger partial charge in [0.05, 0.1) is 0 Å². The van der Waals surface area contributed by atoms with Gasteiger partial charge in [0.15, 0.2) is 5.60 Å². The maximum atomic E-state index is 11.0. The van der Waals surface area contributed by atoms with Crippen LogP contribution in [0.4, 0.5) is 0 Å². The zero-order valence-corrected chi connectivity index (χ0v) is 7.19. The van der Waals surface area contributed by atoms with Crippen molar-refractivity contribution in [2.45, 2.75) is 18.4 Å². The zero-order valence-electron chi connectivity index (χ0n) is 7.19. The molecule has 1 aromatic carbocycles. The summed E-state index contributed by atoms with van der Waals surface area (Å²) in [6.07, 6.45) is 1.47. The summed E-state index contributed by atoms with van der Waals surface area (Å²) >= 11 is 0. The molecule has 2 rings (SSSR count). The van der Waals surface area contributed by atoms with Gasteiger partial charge in [-0.1, -0.05) is 18.2 Å². The Bertz CT molecular complexity index is 317. The molecule has 1 aliphatic carbocycles. The summed E-state index contributed by atoms with van der Waals surface area (Å²) in [5.74, 6) is 0.343. The van der Waals surface area contributed by atoms with Gasteiger partial charge in [-0.3, -0.25) is 4.79 Å². The molecule has 1 aromatic rings. The molecule has 0 aliphatic heterocycles. The highest BCUT2D eigenvalue weighted by atomic mass is 16.5. The smallest absolute Gasteiger partial charge is 0.261 e. The van der Waals surface area contributed by atoms with Crippen LogP contribution in [0.3, 0.4) is 0 Å². The van der Waals surface area contributed by atoms with Gasteiger partial charge in [0, 0.05) is 12.8 Å². The number of hydrogen-bond acceptors (Lipinski definition) is 2. The summed E-state index contributed by atoms with van der Waals surface area (Å²) in [4.78, 5) is 11.0. The fraction of sp³-hybridized carbons (Fsp3) is 0.300. The quantitative estimate of drug-likeness (QED) is 0.751. The first-order chi connectivity index (χ1) is 6.23. The molecule has 0 spiro atoms. The predicted molar refractivity (Wildman–Crippen MR) is 48.2 cm³/mol. The number of amides is 1. The van der Waals surface area contributed by atoms with Crippen molar-refractivity contribution >= 4 is 5.91 Å². The van der Waals surface area contributed by atoms with Crippen LogP contribution in [-0.4, -0.2) is 11.5 Å². The number of carbonyl (C=O) groups excluding carboxylic acids is 1. The van der Waals surface area contributed by atoms with Crippen molar-refractivity contribution in [3.63, 3.8) is 0 Å². The van der Waals surface area contributed by atoms with Crippen LogP contribution in [-0.2, 0) is 4.79 Å². The average molecular weight is 177 g/mol. The molecule has 0 radical (unpaired) electrons. The Labute approximate surface area is 76.5 Å². The molecule has 3 nitrogen and oxygen atoms in total. The van der Waals surface area contributed by atoms with E-state index in [0.717, 1.165) is 12.8 Å². The van der Waals surface area contributed by atoms with Gasteiger partial charge in [0.25, 0.3) is 5.91 Å². The second-order valence-corrected chi connectivity index (χ2v) is 3.27. The number of primary amides is 1. The third kappa shape index (κ3) is 1.49. The molecule has 0 bridgehead atoms. The van der Waals surface area contributed by atoms with Crippen molar-refractivity contribution in [2.24, 2.45) is 5.73 Å². The lowest BCUT2D eigenvalue weighted by Gasteiger charge is -2.13. The maximum Gasteiger partial charge on any atom is 0.261 e. The molecule has 68 valence electrons. The van der Waals surface area contributed by atoms with Crippen LogP contribution in [0.5, 0.6) is 5.75 Å². The molecule has 1 aliphatic rings. The molecule has 0 unspecified atom stereocenters. The number of ether oxygens (including phenoxy) is 1. The van der Waals surface area contributed by atoms with Gasteiger partial charge in [0.2, 0.25) is 0 Å². The van der Waals surface area contributed by atoms with Crippen LogP contribution in [0.15, 0.2) is 30.3 Å². The monoisotopic (exact) mass is 177 g/mol. The van der Waals surface area contributed by atoms with Crippen molar-refractivity contribution in [1.82, 2.24) is 0 Å². The van der Waals surface area contributed by atoms with E-state index in [2.05, 4.69) is 0 Å². The van der Waals surface area contributed by atoms with Gasteiger partial charge in [-0.05, 0) is 12.1 Å². The molecule has 3 heteroatoms. The van der Waals surface area contributed by atoms with E-state index in [4.69, 9.17) is 10.5 Å². The van der Waals surface area contributed by atoms with E-state index in [0.29, 0.717) is 5.75 Å². The van der Waals surface area contributed by atoms with E-state index in [9.17, 15) is 4.79 Å². The van der Waals surface area contributed by atoms with Crippen molar-refractivity contribution in [3.8, 4) is 5.75 Å². The second kappa shape index (κ2) is 2.76. The fourth-order valence-corrected chi connectivity index (χ4v) is 1.23. The van der Waals surface area contributed by atoms with Gasteiger partial charge in [-0.25, -0.2) is 0 Å². The molecule has 0 aromatic heterocycles. The largest absolute Gasteiger partial charge is 0.477 e. The van der Waals surface area contributed by atoms with Gasteiger partial charge >= 0.3 is 0 Å². The Hall–Kier alpha value is -1.51. The standard InChI is InChI=1S/C10H11NO2/c11-9(12)10(6-7-10)13-8-4-2-1-3-5-8/h1-5H,6-7H2,(H2,11,12). The van der Waals surface area contributed by atoms with E-state index in [1.165, 1.54) is 0 Å². The van der Waals surface area contributed by atoms with Gasteiger partial charge in [-0.15, -0.1) is 0 Å². The summed E-state index contributed by atoms with van der Waals surface area (Å²) < 4.78 is 5.50. The molecule has 1 amide bonds. The molecular formula is C10H11NO2. The number of rotatable bonds is 3. The fourth-order valence-electron chi connectivity index (χ4n) is 1.23. The maximum absolute atomic E-state index is 11.0. The minimum atomic E-state index is -0.707. The summed E-state index contributed by atoms with van der Waals surface area (Å²) in [6.45, 7) is 0. The van der Waals surface area contributed by atoms with E-state index >= 15 is 0 Å². The summed E-state index contributed by atoms with van der Waals surface area (Å²) in [5, 5.41) is 0. The number of para-hydroxylation sites is 1. The van der Waals surface area contributed by atoms with Crippen LogP contribution in [0.25, 0.3) is 0 Å². The van der Waals surface area contributed by atoms with E-state index in [1.807, 2.05) is 30.3 Å². The van der Waals surface area contributed by atoms with Crippen molar-refractivity contribution < 1.29 is 9.53 Å². The van der Waals surface area contributed by atoms with Crippen LogP contribution in [0.1, 0.15) is 12.8 Å². The van der Waals surface area contributed by atoms with Crippen LogP contribution in [0, 0.1) is 0 Å². The van der Waals surface area contributed by atoms with E-state index in [-0.39, 0.29) is 5.91 Å². The Morgan fingerprint density at radius 2 is 1.92 bits per heavy atom. The summed E-state index contributed by atoms with van der Waals surface area (Å²) in [7, 11) is 0. The Morgan fingerprint density at radius 3 is 2.38 bits per heavy atom. The first-order valence-electron chi connectivity index (χ1n) is 4.27. The van der Waals surface area contributed by atoms with E-state index in [1.54, 1.807) is 0 Å². The topological polar surface area (TPSA) is 52.3 Å². The third-order valence-corrected chi connectivity index (χ3v) is 2.21. The second-order valence-electron chi connectivity index (χ2n) is 3.27. The number of hydrogen-bond donors (Lipinski definition) is 1. The number of carbonyl (C=O) groups is 1. The molecule has 1 fully saturated rings. The minimum Gasteiger partial charge on any atom is -0.477 e. The Morgan fingerprint density at radius 1 is 1.31 bits per heavy atom. The van der Waals surface area contributed by atoms with Crippen molar-refractivity contribution in [3.05, 3.63) is 30.3 Å². The lowest BCUT2D eigenvalue weighted by atomic mass is 10.3. The number of nitrogens with two attached hydrogens (primary N) is 1. The van der Waals surface area contributed by atoms with Crippen LogP contribution in [0.2, 0.25) is 0 Å². The minimum absolute atomic E-state index is 0.364. The Balaban J connectivity index is 2.11. The summed E-state index contributed by atoms with van der Waals surface area (Å²) in [6, 6.07) is 9.28. The zero-order chi connectivity index (χ0) is 9.31. The highest BCUT2D eigenvalue weighted by Crippen LogP contribution is 2.39. The third-order valence-electron chi connectivity index (χ3n) is 2.21. The Kier molecular flexibility index (Phi) is 1.72. The average Bonchev–Trinajstić information content (AvgIpc) is 2.87. The molecule has 0 saturated heterocycles. The first kappa shape index (κ1) is 8.10. The molecule has 0 atom stereocenters. The lowest BCUT2D eigenvalue weighted by Crippen LogP contribution is -2.35. The molecule has 13 heavy (non-hydrogen) atoms. The lowest BCUT2D eigenvalue weighted by molar-refractivity contribution is -0.126. The number of benzene rings is 1. The predicted octanol–water partition coefficient (Wildman–Crippen LogP) is 1.08. The highest BCUT2D eigenvalue weighted by molar-refractivity contribution is 5.86. The SMILES string of the molecule is NC(=O)C1(Oc2ccccc2)CC1. The van der Waals surface area contributed by atoms with Crippen molar-refractivity contribution in [1.29, 1.82) is 0 Å². The van der Waals surface area contributed by atoms with Gasteiger partial charge in [-0.2, -0.15) is 0 Å². The normalized spacial score (nSPS) is 17.8. The van der Waals surface area contributed by atoms with Gasteiger partial charge < -0.3 is 10.5 Å². The van der Waals surface area contributed by atoms with Crippen molar-refractivity contribution in [2.75, 3.05) is 0 Å². The molecule has 2 N–H and O–H groups in total.